The first-order valence-corrected chi connectivity index (χ1v) is 7.08. The Kier molecular flexibility index (Phi) is 3.60. The highest BCUT2D eigenvalue weighted by Gasteiger charge is 2.27. The average Bonchev–Trinajstić information content (AvgIpc) is 2.77. The molecule has 0 radical (unpaired) electrons. The van der Waals surface area contributed by atoms with Crippen molar-refractivity contribution >= 4 is 10.0 Å². The van der Waals surface area contributed by atoms with E-state index in [4.69, 9.17) is 4.74 Å². The maximum absolute atomic E-state index is 11.5. The summed E-state index contributed by atoms with van der Waals surface area (Å²) in [6.07, 6.45) is 1.81. The third-order valence-electron chi connectivity index (χ3n) is 2.93. The quantitative estimate of drug-likeness (QED) is 0.706. The van der Waals surface area contributed by atoms with Crippen LogP contribution in [0.15, 0.2) is 0 Å². The minimum Gasteiger partial charge on any atom is -0.380 e. The lowest BCUT2D eigenvalue weighted by molar-refractivity contribution is 0.189. The molecular weight excluding hydrogens is 216 g/mol. The van der Waals surface area contributed by atoms with E-state index in [2.05, 4.69) is 5.32 Å². The SMILES string of the molecule is O=S1(=O)CCCN1CCNC1CCOC1. The number of hydrogen-bond acceptors (Lipinski definition) is 4. The number of hydrogen-bond donors (Lipinski definition) is 1. The summed E-state index contributed by atoms with van der Waals surface area (Å²) < 4.78 is 29.7. The number of nitrogens with one attached hydrogen (secondary N) is 1. The molecule has 0 amide bonds. The Hall–Kier alpha value is -0.170. The van der Waals surface area contributed by atoms with E-state index in [1.54, 1.807) is 4.31 Å². The van der Waals surface area contributed by atoms with Crippen LogP contribution in [-0.2, 0) is 14.8 Å². The smallest absolute Gasteiger partial charge is 0.214 e. The first kappa shape index (κ1) is 11.3. The van der Waals surface area contributed by atoms with Crippen molar-refractivity contribution in [3.8, 4) is 0 Å². The molecule has 15 heavy (non-hydrogen) atoms. The molecule has 2 heterocycles. The molecule has 88 valence electrons. The fourth-order valence-corrected chi connectivity index (χ4v) is 3.56. The van der Waals surface area contributed by atoms with Crippen LogP contribution in [0, 0.1) is 0 Å². The fraction of sp³-hybridized carbons (Fsp3) is 1.00. The van der Waals surface area contributed by atoms with Gasteiger partial charge in [-0.2, -0.15) is 0 Å². The van der Waals surface area contributed by atoms with Gasteiger partial charge in [0.1, 0.15) is 0 Å². The summed E-state index contributed by atoms with van der Waals surface area (Å²) in [5.74, 6) is 0.319. The highest BCUT2D eigenvalue weighted by atomic mass is 32.2. The highest BCUT2D eigenvalue weighted by Crippen LogP contribution is 2.12. The van der Waals surface area contributed by atoms with Crippen molar-refractivity contribution in [2.24, 2.45) is 0 Å². The molecule has 0 aliphatic carbocycles. The van der Waals surface area contributed by atoms with E-state index < -0.39 is 10.0 Å². The van der Waals surface area contributed by atoms with Crippen LogP contribution in [0.1, 0.15) is 12.8 Å². The lowest BCUT2D eigenvalue weighted by atomic mass is 10.2. The molecule has 1 N–H and O–H groups in total. The first-order valence-electron chi connectivity index (χ1n) is 5.47. The fourth-order valence-electron chi connectivity index (χ4n) is 2.03. The summed E-state index contributed by atoms with van der Waals surface area (Å²) in [5.41, 5.74) is 0. The van der Waals surface area contributed by atoms with Crippen LogP contribution in [0.2, 0.25) is 0 Å². The molecule has 2 fully saturated rings. The van der Waals surface area contributed by atoms with Gasteiger partial charge < -0.3 is 10.1 Å². The van der Waals surface area contributed by atoms with Crippen molar-refractivity contribution in [1.29, 1.82) is 0 Å². The van der Waals surface area contributed by atoms with E-state index >= 15 is 0 Å². The molecule has 2 rings (SSSR count). The lowest BCUT2D eigenvalue weighted by Gasteiger charge is -2.16. The highest BCUT2D eigenvalue weighted by molar-refractivity contribution is 7.89. The zero-order valence-corrected chi connectivity index (χ0v) is 9.63. The average molecular weight is 234 g/mol. The molecule has 1 unspecified atom stereocenters. The summed E-state index contributed by atoms with van der Waals surface area (Å²) in [6.45, 7) is 3.59. The summed E-state index contributed by atoms with van der Waals surface area (Å²) >= 11 is 0. The number of ether oxygens (including phenoxy) is 1. The van der Waals surface area contributed by atoms with Gasteiger partial charge in [-0.25, -0.2) is 12.7 Å². The normalized spacial score (nSPS) is 31.1. The molecule has 1 atom stereocenters. The molecule has 0 aromatic heterocycles. The molecule has 0 bridgehead atoms. The van der Waals surface area contributed by atoms with Crippen LogP contribution in [0.25, 0.3) is 0 Å². The van der Waals surface area contributed by atoms with Crippen LogP contribution >= 0.6 is 0 Å². The van der Waals surface area contributed by atoms with Gasteiger partial charge in [-0.1, -0.05) is 0 Å². The summed E-state index contributed by atoms with van der Waals surface area (Å²) in [4.78, 5) is 0. The van der Waals surface area contributed by atoms with Crippen molar-refractivity contribution in [1.82, 2.24) is 9.62 Å². The maximum Gasteiger partial charge on any atom is 0.214 e. The monoisotopic (exact) mass is 234 g/mol. The van der Waals surface area contributed by atoms with Crippen molar-refractivity contribution in [2.75, 3.05) is 38.6 Å². The van der Waals surface area contributed by atoms with Gasteiger partial charge in [-0.15, -0.1) is 0 Å². The molecule has 2 aliphatic heterocycles. The van der Waals surface area contributed by atoms with Crippen LogP contribution in [0.5, 0.6) is 0 Å². The van der Waals surface area contributed by atoms with Crippen molar-refractivity contribution in [2.45, 2.75) is 18.9 Å². The first-order chi connectivity index (χ1) is 7.18. The molecule has 0 aromatic carbocycles. The van der Waals surface area contributed by atoms with E-state index in [-0.39, 0.29) is 0 Å². The van der Waals surface area contributed by atoms with E-state index in [1.807, 2.05) is 0 Å². The van der Waals surface area contributed by atoms with Crippen LogP contribution in [0.3, 0.4) is 0 Å². The van der Waals surface area contributed by atoms with Gasteiger partial charge in [0.25, 0.3) is 0 Å². The third-order valence-corrected chi connectivity index (χ3v) is 4.88. The van der Waals surface area contributed by atoms with E-state index in [1.165, 1.54) is 0 Å². The van der Waals surface area contributed by atoms with Gasteiger partial charge in [0.2, 0.25) is 10.0 Å². The second-order valence-corrected chi connectivity index (χ2v) is 6.17. The van der Waals surface area contributed by atoms with E-state index in [0.29, 0.717) is 24.9 Å². The molecule has 5 nitrogen and oxygen atoms in total. The standard InChI is InChI=1S/C9H18N2O3S/c12-15(13)7-1-4-11(15)5-3-10-9-2-6-14-8-9/h9-10H,1-8H2. The van der Waals surface area contributed by atoms with Crippen LogP contribution < -0.4 is 5.32 Å². The van der Waals surface area contributed by atoms with Gasteiger partial charge >= 0.3 is 0 Å². The van der Waals surface area contributed by atoms with Crippen molar-refractivity contribution < 1.29 is 13.2 Å². The molecule has 0 saturated carbocycles. The van der Waals surface area contributed by atoms with Crippen LogP contribution in [-0.4, -0.2) is 57.4 Å². The summed E-state index contributed by atoms with van der Waals surface area (Å²) in [5, 5.41) is 3.32. The van der Waals surface area contributed by atoms with Crippen molar-refractivity contribution in [3.63, 3.8) is 0 Å². The molecule has 2 aliphatic rings. The van der Waals surface area contributed by atoms with Gasteiger partial charge in [0, 0.05) is 32.3 Å². The molecular formula is C9H18N2O3S. The Labute approximate surface area is 90.8 Å². The molecule has 2 saturated heterocycles. The molecule has 0 aromatic rings. The number of rotatable bonds is 4. The Balaban J connectivity index is 1.69. The van der Waals surface area contributed by atoms with Gasteiger partial charge in [0.15, 0.2) is 0 Å². The second kappa shape index (κ2) is 4.78. The van der Waals surface area contributed by atoms with Gasteiger partial charge in [-0.05, 0) is 12.8 Å². The Morgan fingerprint density at radius 3 is 2.93 bits per heavy atom. The number of nitrogens with zero attached hydrogens (tertiary/aromatic N) is 1. The van der Waals surface area contributed by atoms with Crippen LogP contribution in [0.4, 0.5) is 0 Å². The minimum atomic E-state index is -2.92. The van der Waals surface area contributed by atoms with E-state index in [9.17, 15) is 8.42 Å². The van der Waals surface area contributed by atoms with Gasteiger partial charge in [0.05, 0.1) is 12.4 Å². The largest absolute Gasteiger partial charge is 0.380 e. The summed E-state index contributed by atoms with van der Waals surface area (Å²) in [6, 6.07) is 0.412. The lowest BCUT2D eigenvalue weighted by Crippen LogP contribution is -2.38. The van der Waals surface area contributed by atoms with E-state index in [0.717, 1.165) is 32.6 Å². The Morgan fingerprint density at radius 1 is 1.47 bits per heavy atom. The van der Waals surface area contributed by atoms with Gasteiger partial charge in [-0.3, -0.25) is 0 Å². The maximum atomic E-state index is 11.5. The molecule has 0 spiro atoms. The topological polar surface area (TPSA) is 58.6 Å². The predicted octanol–water partition coefficient (Wildman–Crippen LogP) is -0.600. The second-order valence-electron chi connectivity index (χ2n) is 4.08. The Morgan fingerprint density at radius 2 is 2.33 bits per heavy atom. The zero-order valence-electron chi connectivity index (χ0n) is 8.81. The summed E-state index contributed by atoms with van der Waals surface area (Å²) in [7, 11) is -2.92. The number of sulfonamides is 1. The molecule has 6 heteroatoms. The Bertz CT molecular complexity index is 298. The zero-order chi connectivity index (χ0) is 10.7. The predicted molar refractivity (Wildman–Crippen MR) is 57.2 cm³/mol. The minimum absolute atomic E-state index is 0.319. The van der Waals surface area contributed by atoms with Crippen molar-refractivity contribution in [3.05, 3.63) is 0 Å². The third kappa shape index (κ3) is 2.90.